The summed E-state index contributed by atoms with van der Waals surface area (Å²) in [7, 11) is 0. The highest BCUT2D eigenvalue weighted by molar-refractivity contribution is 6.46. The molecule has 204 valence electrons. The topological polar surface area (TPSA) is 70.1 Å². The lowest BCUT2D eigenvalue weighted by molar-refractivity contribution is -0.140. The molecule has 6 nitrogen and oxygen atoms in total. The summed E-state index contributed by atoms with van der Waals surface area (Å²) in [5.41, 5.74) is 5.51. The molecule has 6 heteroatoms. The van der Waals surface area contributed by atoms with E-state index in [1.54, 1.807) is 29.2 Å². The minimum absolute atomic E-state index is 0.100. The van der Waals surface area contributed by atoms with Crippen LogP contribution in [0.3, 0.4) is 0 Å². The Bertz CT molecular complexity index is 1360. The molecule has 1 unspecified atom stereocenters. The molecular weight excluding hydrogens is 488 g/mol. The van der Waals surface area contributed by atoms with E-state index in [-0.39, 0.29) is 17.9 Å². The molecule has 3 aromatic rings. The summed E-state index contributed by atoms with van der Waals surface area (Å²) < 4.78 is 5.67. The van der Waals surface area contributed by atoms with Crippen LogP contribution in [0, 0.1) is 13.8 Å². The van der Waals surface area contributed by atoms with Crippen LogP contribution in [0.25, 0.3) is 5.76 Å². The highest BCUT2D eigenvalue weighted by atomic mass is 16.5. The van der Waals surface area contributed by atoms with E-state index >= 15 is 0 Å². The van der Waals surface area contributed by atoms with Crippen LogP contribution in [0.5, 0.6) is 5.75 Å². The highest BCUT2D eigenvalue weighted by Crippen LogP contribution is 2.41. The Balaban J connectivity index is 1.81. The van der Waals surface area contributed by atoms with E-state index in [9.17, 15) is 14.7 Å². The zero-order chi connectivity index (χ0) is 28.1. The van der Waals surface area contributed by atoms with Crippen LogP contribution in [-0.2, 0) is 16.1 Å². The Hall–Kier alpha value is -4.06. The first-order chi connectivity index (χ1) is 18.8. The molecule has 3 aromatic carbocycles. The minimum Gasteiger partial charge on any atom is -0.507 e. The number of benzene rings is 3. The van der Waals surface area contributed by atoms with E-state index in [0.29, 0.717) is 17.9 Å². The third-order valence-corrected chi connectivity index (χ3v) is 7.32. The van der Waals surface area contributed by atoms with Gasteiger partial charge in [0.15, 0.2) is 0 Å². The van der Waals surface area contributed by atoms with Crippen molar-refractivity contribution in [1.29, 1.82) is 0 Å². The molecule has 1 N–H and O–H groups in total. The summed E-state index contributed by atoms with van der Waals surface area (Å²) in [6.45, 7) is 12.9. The summed E-state index contributed by atoms with van der Waals surface area (Å²) in [5, 5.41) is 11.4. The van der Waals surface area contributed by atoms with Gasteiger partial charge in [0.05, 0.1) is 18.2 Å². The van der Waals surface area contributed by atoms with Gasteiger partial charge in [0.1, 0.15) is 11.5 Å². The Morgan fingerprint density at radius 2 is 1.59 bits per heavy atom. The number of likely N-dealkylation sites (tertiary alicyclic amines) is 1. The summed E-state index contributed by atoms with van der Waals surface area (Å²) in [6.07, 6.45) is 0.888. The average molecular weight is 527 g/mol. The number of rotatable bonds is 10. The van der Waals surface area contributed by atoms with E-state index in [2.05, 4.69) is 18.7 Å². The van der Waals surface area contributed by atoms with Gasteiger partial charge >= 0.3 is 0 Å². The third kappa shape index (κ3) is 5.85. The Morgan fingerprint density at radius 1 is 0.923 bits per heavy atom. The van der Waals surface area contributed by atoms with E-state index in [0.717, 1.165) is 47.5 Å². The van der Waals surface area contributed by atoms with Crippen LogP contribution in [-0.4, -0.2) is 41.4 Å². The van der Waals surface area contributed by atoms with E-state index < -0.39 is 17.7 Å². The molecule has 0 bridgehead atoms. The Kier molecular flexibility index (Phi) is 8.75. The maximum atomic E-state index is 13.5. The van der Waals surface area contributed by atoms with E-state index in [4.69, 9.17) is 4.74 Å². The molecule has 0 aromatic heterocycles. The summed E-state index contributed by atoms with van der Waals surface area (Å²) in [5.74, 6) is -0.788. The van der Waals surface area contributed by atoms with Crippen LogP contribution in [0.2, 0.25) is 0 Å². The van der Waals surface area contributed by atoms with Crippen LogP contribution < -0.4 is 9.64 Å². The number of ketones is 1. The molecule has 39 heavy (non-hydrogen) atoms. The van der Waals surface area contributed by atoms with Gasteiger partial charge in [0, 0.05) is 30.9 Å². The molecule has 0 saturated carbocycles. The van der Waals surface area contributed by atoms with Crippen LogP contribution >= 0.6 is 0 Å². The van der Waals surface area contributed by atoms with Gasteiger partial charge in [-0.15, -0.1) is 0 Å². The average Bonchev–Trinajstić information content (AvgIpc) is 3.19. The first-order valence-corrected chi connectivity index (χ1v) is 13.7. The molecule has 1 heterocycles. The lowest BCUT2D eigenvalue weighted by Gasteiger charge is -2.27. The molecule has 1 fully saturated rings. The number of aryl methyl sites for hydroxylation is 2. The largest absolute Gasteiger partial charge is 0.507 e. The standard InChI is InChI=1S/C33H38N2O4/c1-6-19-39-28-17-13-25(14-18-28)31(36)29-30(24-11-15-27(16-12-24)34(7-2)8-3)35(33(38)32(29)37)21-26-20-22(4)9-10-23(26)5/h9-18,20,30,36H,6-8,19,21H2,1-5H3/b31-29-. The van der Waals surface area contributed by atoms with Gasteiger partial charge in [0.2, 0.25) is 0 Å². The number of Topliss-reactive ketones (excluding diaryl/α,β-unsaturated/α-hetero) is 1. The molecule has 1 aliphatic rings. The second-order valence-electron chi connectivity index (χ2n) is 9.99. The van der Waals surface area contributed by atoms with Crippen molar-refractivity contribution in [3.8, 4) is 5.75 Å². The second kappa shape index (κ2) is 12.2. The summed E-state index contributed by atoms with van der Waals surface area (Å²) in [6, 6.07) is 20.3. The summed E-state index contributed by atoms with van der Waals surface area (Å²) >= 11 is 0. The Morgan fingerprint density at radius 3 is 2.21 bits per heavy atom. The number of amides is 1. The molecular formula is C33H38N2O4. The number of hydrogen-bond acceptors (Lipinski definition) is 5. The first kappa shape index (κ1) is 28.0. The van der Waals surface area contributed by atoms with Crippen molar-refractivity contribution in [2.24, 2.45) is 0 Å². The number of aliphatic hydroxyl groups excluding tert-OH is 1. The fraction of sp³-hybridized carbons (Fsp3) is 0.333. The van der Waals surface area contributed by atoms with Crippen molar-refractivity contribution < 1.29 is 19.4 Å². The molecule has 1 amide bonds. The van der Waals surface area contributed by atoms with Gasteiger partial charge in [-0.1, -0.05) is 42.8 Å². The van der Waals surface area contributed by atoms with Crippen LogP contribution in [0.4, 0.5) is 5.69 Å². The van der Waals surface area contributed by atoms with Gasteiger partial charge in [-0.25, -0.2) is 0 Å². The predicted molar refractivity (Wildman–Crippen MR) is 156 cm³/mol. The van der Waals surface area contributed by atoms with Gasteiger partial charge in [-0.3, -0.25) is 9.59 Å². The lowest BCUT2D eigenvalue weighted by Crippen LogP contribution is -2.29. The maximum Gasteiger partial charge on any atom is 0.295 e. The molecule has 4 rings (SSSR count). The Labute approximate surface area is 231 Å². The number of carbonyl (C=O) groups is 2. The van der Waals surface area contributed by atoms with E-state index in [1.165, 1.54) is 0 Å². The van der Waals surface area contributed by atoms with Gasteiger partial charge in [-0.2, -0.15) is 0 Å². The number of nitrogens with zero attached hydrogens (tertiary/aromatic N) is 2. The molecule has 0 spiro atoms. The molecule has 1 aliphatic heterocycles. The number of aliphatic hydroxyl groups is 1. The van der Waals surface area contributed by atoms with Gasteiger partial charge < -0.3 is 19.6 Å². The maximum absolute atomic E-state index is 13.5. The van der Waals surface area contributed by atoms with E-state index in [1.807, 2.05) is 63.2 Å². The number of hydrogen-bond donors (Lipinski definition) is 1. The third-order valence-electron chi connectivity index (χ3n) is 7.32. The van der Waals surface area contributed by atoms with Crippen molar-refractivity contribution in [3.05, 3.63) is 100 Å². The zero-order valence-electron chi connectivity index (χ0n) is 23.5. The van der Waals surface area contributed by atoms with Crippen LogP contribution in [0.1, 0.15) is 61.1 Å². The predicted octanol–water partition coefficient (Wildman–Crippen LogP) is 6.56. The van der Waals surface area contributed by atoms with Gasteiger partial charge in [0.25, 0.3) is 11.7 Å². The lowest BCUT2D eigenvalue weighted by atomic mass is 9.94. The number of anilines is 1. The van der Waals surface area contributed by atoms with Crippen molar-refractivity contribution in [3.63, 3.8) is 0 Å². The van der Waals surface area contributed by atoms with Crippen molar-refractivity contribution >= 4 is 23.1 Å². The molecule has 0 radical (unpaired) electrons. The zero-order valence-corrected chi connectivity index (χ0v) is 23.5. The first-order valence-electron chi connectivity index (χ1n) is 13.7. The fourth-order valence-corrected chi connectivity index (χ4v) is 5.08. The van der Waals surface area contributed by atoms with Crippen molar-refractivity contribution in [1.82, 2.24) is 4.90 Å². The smallest absolute Gasteiger partial charge is 0.295 e. The number of carbonyl (C=O) groups excluding carboxylic acids is 2. The monoisotopic (exact) mass is 526 g/mol. The minimum atomic E-state index is -0.716. The molecule has 1 atom stereocenters. The summed E-state index contributed by atoms with van der Waals surface area (Å²) in [4.78, 5) is 30.8. The normalized spacial score (nSPS) is 16.5. The number of ether oxygens (including phenoxy) is 1. The van der Waals surface area contributed by atoms with Crippen molar-refractivity contribution in [2.45, 2.75) is 53.6 Å². The van der Waals surface area contributed by atoms with Gasteiger partial charge in [-0.05, 0) is 87.2 Å². The van der Waals surface area contributed by atoms with Crippen LogP contribution in [0.15, 0.2) is 72.3 Å². The second-order valence-corrected chi connectivity index (χ2v) is 9.99. The van der Waals surface area contributed by atoms with Crippen molar-refractivity contribution in [2.75, 3.05) is 24.6 Å². The SMILES string of the molecule is CCCOc1ccc(/C(O)=C2/C(=O)C(=O)N(Cc3cc(C)ccc3C)C2c2ccc(N(CC)CC)cc2)cc1. The quantitative estimate of drug-likeness (QED) is 0.184. The molecule has 0 aliphatic carbocycles. The highest BCUT2D eigenvalue weighted by Gasteiger charge is 2.46. The fourth-order valence-electron chi connectivity index (χ4n) is 5.08. The molecule has 1 saturated heterocycles.